The van der Waals surface area contributed by atoms with Crippen LogP contribution in [0.1, 0.15) is 51.8 Å². The molecule has 0 N–H and O–H groups in total. The van der Waals surface area contributed by atoms with E-state index in [1.165, 1.54) is 23.8 Å². The van der Waals surface area contributed by atoms with Crippen LogP contribution in [-0.2, 0) is 17.8 Å². The van der Waals surface area contributed by atoms with Gasteiger partial charge in [-0.15, -0.1) is 0 Å². The fourth-order valence-corrected chi connectivity index (χ4v) is 4.74. The van der Waals surface area contributed by atoms with Gasteiger partial charge in [-0.1, -0.05) is 37.6 Å². The molecule has 0 spiro atoms. The van der Waals surface area contributed by atoms with Crippen LogP contribution >= 0.6 is 0 Å². The summed E-state index contributed by atoms with van der Waals surface area (Å²) < 4.78 is 12.4. The molecule has 1 aromatic carbocycles. The minimum absolute atomic E-state index is 0.00248. The van der Waals surface area contributed by atoms with Crippen LogP contribution in [0.15, 0.2) is 45.7 Å². The first-order valence-electron chi connectivity index (χ1n) is 12.9. The molecule has 0 amide bonds. The lowest BCUT2D eigenvalue weighted by atomic mass is 10.1. The van der Waals surface area contributed by atoms with Gasteiger partial charge < -0.3 is 18.7 Å². The van der Waals surface area contributed by atoms with Gasteiger partial charge in [0.25, 0.3) is 11.4 Å². The number of methoxy groups -OCH3 is 1. The zero-order valence-electron chi connectivity index (χ0n) is 21.5. The molecule has 0 saturated carbocycles. The third-order valence-electron chi connectivity index (χ3n) is 6.53. The van der Waals surface area contributed by atoms with Crippen molar-refractivity contribution in [1.82, 2.24) is 19.6 Å². The normalized spacial score (nSPS) is 14.3. The quantitative estimate of drug-likeness (QED) is 0.386. The number of pyridine rings is 1. The number of ketones is 1. The molecule has 4 rings (SSSR count). The summed E-state index contributed by atoms with van der Waals surface area (Å²) in [6.07, 6.45) is 5.90. The van der Waals surface area contributed by atoms with Crippen LogP contribution in [-0.4, -0.2) is 52.1 Å². The summed E-state index contributed by atoms with van der Waals surface area (Å²) in [5.41, 5.74) is 1.41. The molecule has 0 radical (unpaired) electrons. The SMILES string of the molecule is COc1cccc(-c2ccc(-c3nc(CCCN4CCCCC4)no3)c(=O)n2CC(=O)CC(C)C)c1. The summed E-state index contributed by atoms with van der Waals surface area (Å²) >= 11 is 0. The van der Waals surface area contributed by atoms with E-state index in [4.69, 9.17) is 9.26 Å². The van der Waals surface area contributed by atoms with Gasteiger partial charge in [-0.3, -0.25) is 9.59 Å². The summed E-state index contributed by atoms with van der Waals surface area (Å²) in [6.45, 7) is 7.30. The highest BCUT2D eigenvalue weighted by atomic mass is 16.5. The van der Waals surface area contributed by atoms with Crippen LogP contribution < -0.4 is 10.3 Å². The van der Waals surface area contributed by atoms with Gasteiger partial charge in [-0.25, -0.2) is 0 Å². The van der Waals surface area contributed by atoms with E-state index < -0.39 is 0 Å². The van der Waals surface area contributed by atoms with Crippen molar-refractivity contribution in [2.24, 2.45) is 5.92 Å². The van der Waals surface area contributed by atoms with Gasteiger partial charge in [-0.05, 0) is 69.1 Å². The van der Waals surface area contributed by atoms with E-state index in [1.807, 2.05) is 44.2 Å². The Morgan fingerprint density at radius 2 is 1.94 bits per heavy atom. The summed E-state index contributed by atoms with van der Waals surface area (Å²) in [4.78, 5) is 33.3. The molecule has 3 heterocycles. The van der Waals surface area contributed by atoms with Crippen molar-refractivity contribution in [1.29, 1.82) is 0 Å². The second-order valence-corrected chi connectivity index (χ2v) is 9.91. The van der Waals surface area contributed by atoms with Crippen molar-refractivity contribution < 1.29 is 14.1 Å². The van der Waals surface area contributed by atoms with Crippen LogP contribution in [0.5, 0.6) is 5.75 Å². The zero-order valence-corrected chi connectivity index (χ0v) is 21.5. The zero-order chi connectivity index (χ0) is 25.5. The first kappa shape index (κ1) is 25.8. The summed E-state index contributed by atoms with van der Waals surface area (Å²) in [5, 5.41) is 4.11. The number of carbonyl (C=O) groups excluding carboxylic acids is 1. The smallest absolute Gasteiger partial charge is 0.264 e. The molecule has 0 atom stereocenters. The molecule has 1 aliphatic rings. The van der Waals surface area contributed by atoms with Crippen LogP contribution in [0, 0.1) is 5.92 Å². The Bertz CT molecular complexity index is 1220. The van der Waals surface area contributed by atoms with Gasteiger partial charge >= 0.3 is 0 Å². The first-order valence-corrected chi connectivity index (χ1v) is 12.9. The largest absolute Gasteiger partial charge is 0.497 e. The number of hydrogen-bond donors (Lipinski definition) is 0. The first-order chi connectivity index (χ1) is 17.4. The van der Waals surface area contributed by atoms with Crippen molar-refractivity contribution in [2.75, 3.05) is 26.7 Å². The van der Waals surface area contributed by atoms with Gasteiger partial charge in [0.1, 0.15) is 11.3 Å². The van der Waals surface area contributed by atoms with Gasteiger partial charge in [0.05, 0.1) is 19.3 Å². The maximum atomic E-state index is 13.6. The number of aryl methyl sites for hydroxylation is 1. The Labute approximate surface area is 212 Å². The predicted molar refractivity (Wildman–Crippen MR) is 139 cm³/mol. The number of carbonyl (C=O) groups is 1. The van der Waals surface area contributed by atoms with Crippen LogP contribution in [0.25, 0.3) is 22.7 Å². The molecule has 0 bridgehead atoms. The highest BCUT2D eigenvalue weighted by Crippen LogP contribution is 2.25. The van der Waals surface area contributed by atoms with Gasteiger partial charge in [0, 0.05) is 18.4 Å². The number of Topliss-reactive ketones (excluding diaryl/α,β-unsaturated/α-hetero) is 1. The monoisotopic (exact) mass is 492 g/mol. The van der Waals surface area contributed by atoms with Crippen molar-refractivity contribution in [3.63, 3.8) is 0 Å². The van der Waals surface area contributed by atoms with Crippen LogP contribution in [0.4, 0.5) is 0 Å². The number of ether oxygens (including phenoxy) is 1. The minimum Gasteiger partial charge on any atom is -0.497 e. The second kappa shape index (κ2) is 12.1. The number of hydrogen-bond acceptors (Lipinski definition) is 7. The van der Waals surface area contributed by atoms with Crippen molar-refractivity contribution in [3.8, 4) is 28.5 Å². The molecule has 192 valence electrons. The Morgan fingerprint density at radius 3 is 2.69 bits per heavy atom. The number of rotatable bonds is 11. The molecule has 1 saturated heterocycles. The number of aromatic nitrogens is 3. The van der Waals surface area contributed by atoms with E-state index in [0.29, 0.717) is 35.7 Å². The number of likely N-dealkylation sites (tertiary alicyclic amines) is 1. The molecule has 36 heavy (non-hydrogen) atoms. The average Bonchev–Trinajstić information content (AvgIpc) is 3.34. The van der Waals surface area contributed by atoms with E-state index in [0.717, 1.165) is 31.6 Å². The molecular formula is C28H36N4O4. The fraction of sp³-hybridized carbons (Fsp3) is 0.500. The molecular weight excluding hydrogens is 456 g/mol. The Morgan fingerprint density at radius 1 is 1.14 bits per heavy atom. The van der Waals surface area contributed by atoms with Gasteiger partial charge in [0.15, 0.2) is 11.6 Å². The molecule has 8 heteroatoms. The van der Waals surface area contributed by atoms with Gasteiger partial charge in [-0.2, -0.15) is 4.98 Å². The van der Waals surface area contributed by atoms with E-state index in [1.54, 1.807) is 13.2 Å². The topological polar surface area (TPSA) is 90.5 Å². The average molecular weight is 493 g/mol. The number of nitrogens with zero attached hydrogens (tertiary/aromatic N) is 4. The van der Waals surface area contributed by atoms with E-state index in [2.05, 4.69) is 15.0 Å². The molecule has 0 aliphatic carbocycles. The third kappa shape index (κ3) is 6.49. The third-order valence-corrected chi connectivity index (χ3v) is 6.53. The summed E-state index contributed by atoms with van der Waals surface area (Å²) in [6, 6.07) is 11.0. The molecule has 8 nitrogen and oxygen atoms in total. The second-order valence-electron chi connectivity index (χ2n) is 9.91. The van der Waals surface area contributed by atoms with Crippen molar-refractivity contribution in [3.05, 3.63) is 52.6 Å². The summed E-state index contributed by atoms with van der Waals surface area (Å²) in [7, 11) is 1.60. The molecule has 1 fully saturated rings. The molecule has 2 aromatic heterocycles. The number of benzene rings is 1. The minimum atomic E-state index is -0.323. The van der Waals surface area contributed by atoms with Gasteiger partial charge in [0.2, 0.25) is 0 Å². The fourth-order valence-electron chi connectivity index (χ4n) is 4.74. The lowest BCUT2D eigenvalue weighted by Crippen LogP contribution is -2.30. The molecule has 3 aromatic rings. The Balaban J connectivity index is 1.59. The van der Waals surface area contributed by atoms with E-state index in [9.17, 15) is 9.59 Å². The van der Waals surface area contributed by atoms with Crippen molar-refractivity contribution in [2.45, 2.75) is 58.9 Å². The predicted octanol–water partition coefficient (Wildman–Crippen LogP) is 4.61. The van der Waals surface area contributed by atoms with E-state index in [-0.39, 0.29) is 29.7 Å². The maximum Gasteiger partial charge on any atom is 0.264 e. The standard InChI is InChI=1S/C28H36N4O4/c1-20(2)17-22(33)19-32-25(21-9-7-10-23(18-21)35-3)13-12-24(28(32)34)27-29-26(30-36-27)11-8-16-31-14-5-4-6-15-31/h7,9-10,12-13,18,20H,4-6,8,11,14-17,19H2,1-3H3. The Hall–Kier alpha value is -3.26. The van der Waals surface area contributed by atoms with Crippen molar-refractivity contribution >= 4 is 5.78 Å². The highest BCUT2D eigenvalue weighted by Gasteiger charge is 2.19. The lowest BCUT2D eigenvalue weighted by Gasteiger charge is -2.25. The number of piperidine rings is 1. The highest BCUT2D eigenvalue weighted by molar-refractivity contribution is 5.79. The van der Waals surface area contributed by atoms with E-state index >= 15 is 0 Å². The van der Waals surface area contributed by atoms with Crippen LogP contribution in [0.2, 0.25) is 0 Å². The van der Waals surface area contributed by atoms with Crippen LogP contribution in [0.3, 0.4) is 0 Å². The maximum absolute atomic E-state index is 13.6. The molecule has 1 aliphatic heterocycles. The lowest BCUT2D eigenvalue weighted by molar-refractivity contribution is -0.120. The Kier molecular flexibility index (Phi) is 8.70. The summed E-state index contributed by atoms with van der Waals surface area (Å²) in [5.74, 6) is 1.67. The molecule has 0 unspecified atom stereocenters.